The smallest absolute Gasteiger partial charge is 0.305 e. The molecule has 0 aromatic heterocycles. The lowest BCUT2D eigenvalue weighted by Gasteiger charge is -2.04. The van der Waals surface area contributed by atoms with Crippen LogP contribution in [0.15, 0.2) is 30.3 Å². The summed E-state index contributed by atoms with van der Waals surface area (Å²) in [6.07, 6.45) is 5.81. The van der Waals surface area contributed by atoms with Crippen LogP contribution in [0.4, 0.5) is 5.69 Å². The van der Waals surface area contributed by atoms with Gasteiger partial charge in [0.05, 0.1) is 13.4 Å². The molecule has 7 nitrogen and oxygen atoms in total. The summed E-state index contributed by atoms with van der Waals surface area (Å²) in [5.74, 6) is -0.485. The van der Waals surface area contributed by atoms with Gasteiger partial charge >= 0.3 is 5.97 Å². The molecule has 0 unspecified atom stereocenters. The number of hydrogen-bond donors (Lipinski definition) is 2. The van der Waals surface area contributed by atoms with Gasteiger partial charge in [0.25, 0.3) is 0 Å². The Labute approximate surface area is 142 Å². The van der Waals surface area contributed by atoms with E-state index in [1.165, 1.54) is 13.2 Å². The Morgan fingerprint density at radius 2 is 1.83 bits per heavy atom. The first kappa shape index (κ1) is 19.7. The number of esters is 1. The van der Waals surface area contributed by atoms with Gasteiger partial charge in [0.15, 0.2) is 0 Å². The molecule has 132 valence electrons. The first-order chi connectivity index (χ1) is 11.3. The number of hydrogen-bond acceptors (Lipinski definition) is 5. The van der Waals surface area contributed by atoms with Crippen molar-refractivity contribution in [3.05, 3.63) is 35.9 Å². The van der Waals surface area contributed by atoms with E-state index in [9.17, 15) is 18.0 Å². The minimum absolute atomic E-state index is 0.230. The number of unbranched alkanes of at least 4 members (excludes halogenated alkanes) is 1. The van der Waals surface area contributed by atoms with Crippen molar-refractivity contribution in [2.75, 3.05) is 24.6 Å². The molecule has 0 spiro atoms. The van der Waals surface area contributed by atoms with Crippen LogP contribution in [-0.2, 0) is 24.3 Å². The van der Waals surface area contributed by atoms with Gasteiger partial charge in [-0.25, -0.2) is 8.42 Å². The predicted molar refractivity (Wildman–Crippen MR) is 92.8 cm³/mol. The minimum atomic E-state index is -3.30. The second kappa shape index (κ2) is 9.71. The van der Waals surface area contributed by atoms with Crippen LogP contribution >= 0.6 is 0 Å². The molecule has 0 saturated heterocycles. The Morgan fingerprint density at radius 1 is 1.17 bits per heavy atom. The first-order valence-electron chi connectivity index (χ1n) is 7.41. The summed E-state index contributed by atoms with van der Waals surface area (Å²) in [7, 11) is -1.95. The summed E-state index contributed by atoms with van der Waals surface area (Å²) in [5.41, 5.74) is 1.24. The maximum Gasteiger partial charge on any atom is 0.305 e. The van der Waals surface area contributed by atoms with Crippen molar-refractivity contribution in [3.63, 3.8) is 0 Å². The normalized spacial score (nSPS) is 11.2. The number of carbonyl (C=O) groups excluding carboxylic acids is 2. The lowest BCUT2D eigenvalue weighted by atomic mass is 10.2. The van der Waals surface area contributed by atoms with E-state index in [0.29, 0.717) is 31.5 Å². The molecule has 24 heavy (non-hydrogen) atoms. The standard InChI is InChI=1S/C16H22N2O5S/c1-23-16(20)5-3-4-12-17-15(19)11-8-13-6-9-14(10-7-13)18-24(2,21)22/h6-11,18H,3-5,12H2,1-2H3,(H,17,19)/b11-8+. The third-order valence-electron chi connectivity index (χ3n) is 2.98. The van der Waals surface area contributed by atoms with Gasteiger partial charge in [0, 0.05) is 24.7 Å². The molecule has 1 rings (SSSR count). The summed E-state index contributed by atoms with van der Waals surface area (Å²) in [5, 5.41) is 2.72. The molecule has 8 heteroatoms. The summed E-state index contributed by atoms with van der Waals surface area (Å²) in [6, 6.07) is 6.64. The molecule has 0 heterocycles. The highest BCUT2D eigenvalue weighted by Gasteiger charge is 2.02. The van der Waals surface area contributed by atoms with E-state index in [4.69, 9.17) is 0 Å². The number of ether oxygens (including phenoxy) is 1. The van der Waals surface area contributed by atoms with Crippen LogP contribution in [0.2, 0.25) is 0 Å². The molecule has 0 aliphatic carbocycles. The molecular formula is C16H22N2O5S. The number of amides is 1. The van der Waals surface area contributed by atoms with Gasteiger partial charge in [-0.2, -0.15) is 0 Å². The second-order valence-electron chi connectivity index (χ2n) is 5.15. The van der Waals surface area contributed by atoms with Crippen molar-refractivity contribution in [3.8, 4) is 0 Å². The lowest BCUT2D eigenvalue weighted by molar-refractivity contribution is -0.140. The van der Waals surface area contributed by atoms with E-state index >= 15 is 0 Å². The van der Waals surface area contributed by atoms with E-state index in [0.717, 1.165) is 11.8 Å². The van der Waals surface area contributed by atoms with Crippen molar-refractivity contribution >= 4 is 33.7 Å². The van der Waals surface area contributed by atoms with Crippen LogP contribution in [0, 0.1) is 0 Å². The number of sulfonamides is 1. The van der Waals surface area contributed by atoms with E-state index in [1.807, 2.05) is 0 Å². The average Bonchev–Trinajstić information content (AvgIpc) is 2.52. The van der Waals surface area contributed by atoms with Gasteiger partial charge in [0.1, 0.15) is 0 Å². The lowest BCUT2D eigenvalue weighted by Crippen LogP contribution is -2.22. The maximum atomic E-state index is 11.6. The Kier molecular flexibility index (Phi) is 7.97. The zero-order valence-electron chi connectivity index (χ0n) is 13.7. The molecule has 1 aromatic carbocycles. The van der Waals surface area contributed by atoms with Crippen LogP contribution in [0.5, 0.6) is 0 Å². The molecule has 0 bridgehead atoms. The first-order valence-corrected chi connectivity index (χ1v) is 9.30. The van der Waals surface area contributed by atoms with E-state index in [-0.39, 0.29) is 11.9 Å². The Balaban J connectivity index is 2.35. The third kappa shape index (κ3) is 8.94. The topological polar surface area (TPSA) is 102 Å². The predicted octanol–water partition coefficient (Wildman–Crippen LogP) is 1.53. The number of benzene rings is 1. The molecule has 0 fully saturated rings. The molecule has 1 aromatic rings. The average molecular weight is 354 g/mol. The van der Waals surface area contributed by atoms with Crippen LogP contribution in [0.25, 0.3) is 6.08 Å². The molecule has 0 atom stereocenters. The van der Waals surface area contributed by atoms with Gasteiger partial charge < -0.3 is 10.1 Å². The minimum Gasteiger partial charge on any atom is -0.469 e. The van der Waals surface area contributed by atoms with Gasteiger partial charge in [-0.3, -0.25) is 14.3 Å². The zero-order chi connectivity index (χ0) is 18.0. The summed E-state index contributed by atoms with van der Waals surface area (Å²) < 4.78 is 29.1. The van der Waals surface area contributed by atoms with E-state index in [2.05, 4.69) is 14.8 Å². The van der Waals surface area contributed by atoms with Crippen molar-refractivity contribution in [2.24, 2.45) is 0 Å². The van der Waals surface area contributed by atoms with Gasteiger partial charge in [-0.15, -0.1) is 0 Å². The summed E-state index contributed by atoms with van der Waals surface area (Å²) >= 11 is 0. The highest BCUT2D eigenvalue weighted by molar-refractivity contribution is 7.92. The number of carbonyl (C=O) groups is 2. The fourth-order valence-corrected chi connectivity index (χ4v) is 2.38. The van der Waals surface area contributed by atoms with Crippen molar-refractivity contribution in [2.45, 2.75) is 19.3 Å². The molecule has 2 N–H and O–H groups in total. The Hall–Kier alpha value is -2.35. The fourth-order valence-electron chi connectivity index (χ4n) is 1.82. The van der Waals surface area contributed by atoms with Gasteiger partial charge in [-0.1, -0.05) is 12.1 Å². The molecule has 1 amide bonds. The zero-order valence-corrected chi connectivity index (χ0v) is 14.6. The Morgan fingerprint density at radius 3 is 2.42 bits per heavy atom. The molecule has 0 aliphatic rings. The van der Waals surface area contributed by atoms with E-state index in [1.54, 1.807) is 30.3 Å². The molecular weight excluding hydrogens is 332 g/mol. The van der Waals surface area contributed by atoms with Crippen molar-refractivity contribution < 1.29 is 22.7 Å². The quantitative estimate of drug-likeness (QED) is 0.398. The highest BCUT2D eigenvalue weighted by Crippen LogP contribution is 2.11. The molecule has 0 radical (unpaired) electrons. The van der Waals surface area contributed by atoms with Gasteiger partial charge in [0.2, 0.25) is 15.9 Å². The largest absolute Gasteiger partial charge is 0.469 e. The number of methoxy groups -OCH3 is 1. The number of anilines is 1. The molecule has 0 saturated carbocycles. The SMILES string of the molecule is COC(=O)CCCCNC(=O)/C=C/c1ccc(NS(C)(=O)=O)cc1. The Bertz CT molecular complexity index is 681. The van der Waals surface area contributed by atoms with Crippen LogP contribution < -0.4 is 10.0 Å². The number of rotatable bonds is 9. The van der Waals surface area contributed by atoms with Crippen LogP contribution in [0.3, 0.4) is 0 Å². The highest BCUT2D eigenvalue weighted by atomic mass is 32.2. The maximum absolute atomic E-state index is 11.6. The third-order valence-corrected chi connectivity index (χ3v) is 3.58. The van der Waals surface area contributed by atoms with Crippen LogP contribution in [-0.4, -0.2) is 40.2 Å². The second-order valence-corrected chi connectivity index (χ2v) is 6.90. The van der Waals surface area contributed by atoms with Crippen LogP contribution in [0.1, 0.15) is 24.8 Å². The number of nitrogens with one attached hydrogen (secondary N) is 2. The van der Waals surface area contributed by atoms with Gasteiger partial charge in [-0.05, 0) is 36.6 Å². The van der Waals surface area contributed by atoms with E-state index < -0.39 is 10.0 Å². The fraction of sp³-hybridized carbons (Fsp3) is 0.375. The van der Waals surface area contributed by atoms with Crippen molar-refractivity contribution in [1.29, 1.82) is 0 Å². The summed E-state index contributed by atoms with van der Waals surface area (Å²) in [4.78, 5) is 22.6. The monoisotopic (exact) mass is 354 g/mol. The summed E-state index contributed by atoms with van der Waals surface area (Å²) in [6.45, 7) is 0.484. The van der Waals surface area contributed by atoms with Crippen molar-refractivity contribution in [1.82, 2.24) is 5.32 Å². The molecule has 0 aliphatic heterocycles.